The molecule has 2 bridgehead atoms. The first-order valence-corrected chi connectivity index (χ1v) is 15.2. The maximum absolute atomic E-state index is 12.2. The Morgan fingerprint density at radius 2 is 1.93 bits per heavy atom. The molecule has 8 atom stereocenters. The Morgan fingerprint density at radius 1 is 1.17 bits per heavy atom. The van der Waals surface area contributed by atoms with E-state index in [9.17, 15) is 19.9 Å². The minimum absolute atomic E-state index is 0.00955. The van der Waals surface area contributed by atoms with Crippen LogP contribution in [-0.2, 0) is 35.1 Å². The third kappa shape index (κ3) is 4.39. The molecular weight excluding hydrogens is 599 g/mol. The molecule has 3 fully saturated rings. The van der Waals surface area contributed by atoms with Gasteiger partial charge in [0.15, 0.2) is 35.1 Å². The van der Waals surface area contributed by atoms with E-state index in [2.05, 4.69) is 29.9 Å². The van der Waals surface area contributed by atoms with E-state index >= 15 is 0 Å². The van der Waals surface area contributed by atoms with Gasteiger partial charge in [-0.1, -0.05) is 0 Å². The van der Waals surface area contributed by atoms with Crippen molar-refractivity contribution in [1.29, 1.82) is 0 Å². The molecule has 21 heteroatoms. The van der Waals surface area contributed by atoms with E-state index < -0.39 is 54.8 Å². The Morgan fingerprint density at radius 3 is 2.71 bits per heavy atom. The molecule has 8 N–H and O–H groups in total. The maximum Gasteiger partial charge on any atom is 0.325 e. The van der Waals surface area contributed by atoms with Gasteiger partial charge in [0.05, 0.1) is 38.6 Å². The third-order valence-corrected chi connectivity index (χ3v) is 9.05. The van der Waals surface area contributed by atoms with E-state index in [4.69, 9.17) is 46.5 Å². The number of nitrogens with two attached hydrogens (primary N) is 2. The van der Waals surface area contributed by atoms with Crippen LogP contribution < -0.4 is 17.0 Å². The quantitative estimate of drug-likeness (QED) is 0.116. The lowest BCUT2D eigenvalue weighted by atomic mass is 10.0. The first-order chi connectivity index (χ1) is 20.1. The minimum Gasteiger partial charge on any atom is -0.394 e. The number of anilines is 2. The van der Waals surface area contributed by atoms with E-state index in [-0.39, 0.29) is 49.2 Å². The van der Waals surface area contributed by atoms with Crippen molar-refractivity contribution in [2.24, 2.45) is 0 Å². The van der Waals surface area contributed by atoms with Gasteiger partial charge >= 0.3 is 6.72 Å². The summed E-state index contributed by atoms with van der Waals surface area (Å²) in [4.78, 5) is 46.2. The van der Waals surface area contributed by atoms with E-state index in [0.717, 1.165) is 0 Å². The highest BCUT2D eigenvalue weighted by molar-refractivity contribution is 8.07. The Balaban J connectivity index is 1.09. The van der Waals surface area contributed by atoms with Crippen LogP contribution in [0.15, 0.2) is 23.8 Å². The number of nitrogen functional groups attached to an aromatic ring is 2. The molecule has 7 rings (SSSR count). The molecule has 19 nitrogen and oxygen atoms in total. The standard InChI is InChI=1S/C21H25N10O9PS/c22-14-10-15(25-5-24-14)30(6-26-10)19-12-13(33)21(39-19,3-36-12)4-37-41(35,42)40-9-1-8(2-32)38-18(9)31-7-27-11-16(31)28-20(23)29-17(11)34/h5-9,12-13,18-19,32-33H,1-4H2,(H,35,42)(H2,22,24,25)(H3,23,28,29,34)/t8-,9+,12+,13?,18+,19+,21+,41?/m0/s1. The number of fused-ring (bicyclic) bond motifs is 4. The summed E-state index contributed by atoms with van der Waals surface area (Å²) in [5.41, 5.74) is 10.5. The van der Waals surface area contributed by atoms with Crippen LogP contribution in [-0.4, -0.2) is 104 Å². The first kappa shape index (κ1) is 27.7. The zero-order valence-electron chi connectivity index (χ0n) is 21.5. The van der Waals surface area contributed by atoms with Gasteiger partial charge in [-0.05, 0) is 11.8 Å². The predicted molar refractivity (Wildman–Crippen MR) is 144 cm³/mol. The number of aromatic nitrogens is 8. The molecule has 42 heavy (non-hydrogen) atoms. The van der Waals surface area contributed by atoms with E-state index in [1.807, 2.05) is 0 Å². The molecule has 0 saturated carbocycles. The zero-order valence-corrected chi connectivity index (χ0v) is 23.2. The van der Waals surface area contributed by atoms with E-state index in [0.29, 0.717) is 11.2 Å². The number of rotatable bonds is 8. The molecule has 0 spiro atoms. The van der Waals surface area contributed by atoms with Crippen LogP contribution in [0.3, 0.4) is 0 Å². The van der Waals surface area contributed by atoms with Crippen molar-refractivity contribution in [3.05, 3.63) is 29.3 Å². The summed E-state index contributed by atoms with van der Waals surface area (Å²) < 4.78 is 32.4. The van der Waals surface area contributed by atoms with Gasteiger partial charge in [0.2, 0.25) is 5.95 Å². The number of aliphatic hydroxyl groups excluding tert-OH is 2. The van der Waals surface area contributed by atoms with Crippen LogP contribution in [0.2, 0.25) is 0 Å². The molecule has 0 amide bonds. The molecule has 4 aromatic rings. The number of ether oxygens (including phenoxy) is 3. The average Bonchev–Trinajstić information content (AvgIpc) is 3.76. The van der Waals surface area contributed by atoms with Gasteiger partial charge in [-0.15, -0.1) is 0 Å². The highest BCUT2D eigenvalue weighted by atomic mass is 32.5. The van der Waals surface area contributed by atoms with Gasteiger partial charge in [0.1, 0.15) is 35.8 Å². The number of hydrogen-bond acceptors (Lipinski definition) is 16. The van der Waals surface area contributed by atoms with Gasteiger partial charge in [0, 0.05) is 6.42 Å². The van der Waals surface area contributed by atoms with Crippen molar-refractivity contribution >= 4 is 52.6 Å². The molecule has 7 heterocycles. The average molecular weight is 625 g/mol. The normalized spacial score (nSPS) is 32.3. The molecule has 0 radical (unpaired) electrons. The topological polar surface area (TPSA) is 266 Å². The smallest absolute Gasteiger partial charge is 0.325 e. The molecule has 0 aliphatic carbocycles. The lowest BCUT2D eigenvalue weighted by molar-refractivity contribution is -0.183. The zero-order chi connectivity index (χ0) is 29.4. The third-order valence-electron chi connectivity index (χ3n) is 7.48. The number of H-pyrrole nitrogens is 1. The van der Waals surface area contributed by atoms with Gasteiger partial charge < -0.3 is 49.8 Å². The summed E-state index contributed by atoms with van der Waals surface area (Å²) in [5, 5.41) is 20.8. The summed E-state index contributed by atoms with van der Waals surface area (Å²) in [5.74, 6) is 0.0512. The van der Waals surface area contributed by atoms with E-state index in [1.54, 1.807) is 4.57 Å². The molecule has 224 valence electrons. The molecule has 3 aliphatic rings. The Labute approximate surface area is 239 Å². The van der Waals surface area contributed by atoms with Crippen LogP contribution in [0.4, 0.5) is 11.8 Å². The number of aromatic amines is 1. The van der Waals surface area contributed by atoms with Crippen molar-refractivity contribution < 1.29 is 38.4 Å². The lowest BCUT2D eigenvalue weighted by Gasteiger charge is -2.32. The number of aliphatic hydroxyl groups is 2. The first-order valence-electron chi connectivity index (χ1n) is 12.6. The minimum atomic E-state index is -4.02. The summed E-state index contributed by atoms with van der Waals surface area (Å²) >= 11 is 5.31. The fourth-order valence-corrected chi connectivity index (χ4v) is 6.95. The fourth-order valence-electron chi connectivity index (χ4n) is 5.49. The van der Waals surface area contributed by atoms with Crippen molar-refractivity contribution in [2.45, 2.75) is 48.9 Å². The number of nitrogens with one attached hydrogen (secondary N) is 1. The van der Waals surface area contributed by atoms with Gasteiger partial charge in [-0.3, -0.25) is 18.9 Å². The van der Waals surface area contributed by atoms with Gasteiger partial charge in [-0.25, -0.2) is 19.9 Å². The van der Waals surface area contributed by atoms with Crippen LogP contribution in [0.25, 0.3) is 22.3 Å². The lowest BCUT2D eigenvalue weighted by Crippen LogP contribution is -2.44. The van der Waals surface area contributed by atoms with Crippen LogP contribution >= 0.6 is 6.72 Å². The SMILES string of the molecule is Nc1nc2c(ncn2[C@@H]2O[C@H](CO)C[C@H]2OP(O)(=S)OC[C@]23CO[C@H](C2O)[C@H](n2cnc4c(N)ncnc42)O3)c(=O)[nH]1. The van der Waals surface area contributed by atoms with Crippen LogP contribution in [0, 0.1) is 0 Å². The summed E-state index contributed by atoms with van der Waals surface area (Å²) in [6.45, 7) is -4.78. The van der Waals surface area contributed by atoms with Crippen molar-refractivity contribution in [1.82, 2.24) is 39.0 Å². The van der Waals surface area contributed by atoms with Gasteiger partial charge in [-0.2, -0.15) is 4.98 Å². The predicted octanol–water partition coefficient (Wildman–Crippen LogP) is -1.95. The highest BCUT2D eigenvalue weighted by Gasteiger charge is 2.62. The summed E-state index contributed by atoms with van der Waals surface area (Å²) in [6.07, 6.45) is -1.21. The van der Waals surface area contributed by atoms with Gasteiger partial charge in [0.25, 0.3) is 5.56 Å². The Hall–Kier alpha value is -3.17. The van der Waals surface area contributed by atoms with Crippen LogP contribution in [0.1, 0.15) is 18.9 Å². The second-order valence-electron chi connectivity index (χ2n) is 10.1. The molecule has 2 unspecified atom stereocenters. The van der Waals surface area contributed by atoms with Crippen molar-refractivity contribution in [3.8, 4) is 0 Å². The number of hydrogen-bond donors (Lipinski definition) is 6. The highest BCUT2D eigenvalue weighted by Crippen LogP contribution is 2.53. The Bertz CT molecular complexity index is 1780. The molecule has 0 aromatic carbocycles. The second-order valence-corrected chi connectivity index (χ2v) is 12.9. The fraction of sp³-hybridized carbons (Fsp3) is 0.524. The van der Waals surface area contributed by atoms with Crippen molar-refractivity contribution in [2.75, 3.05) is 31.3 Å². The number of nitrogens with zero attached hydrogens (tertiary/aromatic N) is 7. The number of imidazole rings is 2. The molecular formula is C21H25N10O9PS. The van der Waals surface area contributed by atoms with Crippen LogP contribution in [0.5, 0.6) is 0 Å². The monoisotopic (exact) mass is 624 g/mol. The summed E-state index contributed by atoms with van der Waals surface area (Å²) in [7, 11) is 0. The molecule has 3 saturated heterocycles. The largest absolute Gasteiger partial charge is 0.394 e. The van der Waals surface area contributed by atoms with Crippen molar-refractivity contribution in [3.63, 3.8) is 0 Å². The Kier molecular flexibility index (Phi) is 6.55. The second kappa shape index (κ2) is 9.95. The molecule has 3 aliphatic heterocycles. The van der Waals surface area contributed by atoms with E-state index in [1.165, 1.54) is 23.5 Å². The summed E-state index contributed by atoms with van der Waals surface area (Å²) in [6, 6.07) is 0. The maximum atomic E-state index is 12.2. The molecule has 4 aromatic heterocycles.